The van der Waals surface area contributed by atoms with Crippen molar-refractivity contribution < 1.29 is 13.2 Å². The van der Waals surface area contributed by atoms with Gasteiger partial charge in [-0.3, -0.25) is 9.71 Å². The molecule has 2 rings (SSSR count). The highest BCUT2D eigenvalue weighted by molar-refractivity contribution is 9.10. The van der Waals surface area contributed by atoms with Crippen LogP contribution in [0.25, 0.3) is 0 Å². The average molecular weight is 436 g/mol. The zero-order valence-corrected chi connectivity index (χ0v) is 15.0. The molecule has 112 valence electrons. The quantitative estimate of drug-likeness (QED) is 0.779. The Hall–Kier alpha value is -0.960. The highest BCUT2D eigenvalue weighted by Gasteiger charge is 2.17. The highest BCUT2D eigenvalue weighted by Crippen LogP contribution is 2.27. The van der Waals surface area contributed by atoms with Crippen LogP contribution in [-0.2, 0) is 21.4 Å². The minimum absolute atomic E-state index is 0.0835. The number of hydrogen-bond acceptors (Lipinski definition) is 4. The Balaban J connectivity index is 2.39. The number of hydrogen-bond donors (Lipinski definition) is 1. The molecule has 0 amide bonds. The second kappa shape index (κ2) is 6.87. The van der Waals surface area contributed by atoms with Crippen LogP contribution in [0.1, 0.15) is 5.56 Å². The van der Waals surface area contributed by atoms with Crippen molar-refractivity contribution >= 4 is 47.6 Å². The number of pyridine rings is 1. The minimum atomic E-state index is -3.71. The van der Waals surface area contributed by atoms with Gasteiger partial charge >= 0.3 is 0 Å². The number of halogens is 2. The normalized spacial score (nSPS) is 11.4. The van der Waals surface area contributed by atoms with Crippen molar-refractivity contribution in [3.8, 4) is 0 Å². The predicted molar refractivity (Wildman–Crippen MR) is 87.6 cm³/mol. The molecule has 0 saturated heterocycles. The van der Waals surface area contributed by atoms with Crippen molar-refractivity contribution in [1.29, 1.82) is 0 Å². The molecule has 0 spiro atoms. The van der Waals surface area contributed by atoms with Crippen LogP contribution in [-0.4, -0.2) is 20.5 Å². The molecule has 0 unspecified atom stereocenters. The van der Waals surface area contributed by atoms with E-state index in [2.05, 4.69) is 41.6 Å². The van der Waals surface area contributed by atoms with E-state index in [-0.39, 0.29) is 11.5 Å². The number of rotatable bonds is 5. The van der Waals surface area contributed by atoms with Crippen LogP contribution in [0.4, 0.5) is 5.69 Å². The van der Waals surface area contributed by atoms with Crippen molar-refractivity contribution in [2.45, 2.75) is 11.5 Å². The highest BCUT2D eigenvalue weighted by atomic mass is 79.9. The van der Waals surface area contributed by atoms with E-state index in [9.17, 15) is 8.42 Å². The summed E-state index contributed by atoms with van der Waals surface area (Å²) in [4.78, 5) is 3.95. The maximum atomic E-state index is 12.4. The van der Waals surface area contributed by atoms with Gasteiger partial charge in [0.05, 0.1) is 12.3 Å². The molecule has 2 aromatic rings. The van der Waals surface area contributed by atoms with Gasteiger partial charge in [0.25, 0.3) is 10.0 Å². The summed E-state index contributed by atoms with van der Waals surface area (Å²) in [5, 5.41) is 0. The van der Waals surface area contributed by atoms with Crippen LogP contribution in [0.5, 0.6) is 0 Å². The summed E-state index contributed by atoms with van der Waals surface area (Å²) in [6.45, 7) is 0.288. The van der Waals surface area contributed by atoms with Gasteiger partial charge in [0.15, 0.2) is 0 Å². The first-order valence-corrected chi connectivity index (χ1v) is 8.90. The lowest BCUT2D eigenvalue weighted by Gasteiger charge is -2.13. The molecule has 0 atom stereocenters. The number of anilines is 1. The fourth-order valence-corrected chi connectivity index (χ4v) is 3.77. The van der Waals surface area contributed by atoms with E-state index < -0.39 is 10.0 Å². The molecular formula is C13H12Br2N2O3S. The van der Waals surface area contributed by atoms with Gasteiger partial charge in [-0.25, -0.2) is 8.42 Å². The molecule has 1 N–H and O–H groups in total. The molecule has 21 heavy (non-hydrogen) atoms. The Morgan fingerprint density at radius 3 is 2.71 bits per heavy atom. The van der Waals surface area contributed by atoms with E-state index in [0.29, 0.717) is 10.2 Å². The number of aromatic nitrogens is 1. The van der Waals surface area contributed by atoms with Crippen molar-refractivity contribution in [3.05, 3.63) is 51.2 Å². The third-order valence-electron chi connectivity index (χ3n) is 2.64. The van der Waals surface area contributed by atoms with Crippen molar-refractivity contribution in [3.63, 3.8) is 0 Å². The summed E-state index contributed by atoms with van der Waals surface area (Å²) in [7, 11) is -2.16. The number of benzene rings is 1. The Bertz CT molecular complexity index is 751. The Kier molecular flexibility index (Phi) is 5.37. The molecule has 5 nitrogen and oxygen atoms in total. The van der Waals surface area contributed by atoms with E-state index in [1.54, 1.807) is 19.2 Å². The maximum Gasteiger partial charge on any atom is 0.263 e. The largest absolute Gasteiger partial charge is 0.380 e. The summed E-state index contributed by atoms with van der Waals surface area (Å²) in [5.41, 5.74) is 1.19. The van der Waals surface area contributed by atoms with Gasteiger partial charge in [0.2, 0.25) is 0 Å². The summed E-state index contributed by atoms with van der Waals surface area (Å²) in [5.74, 6) is 0. The van der Waals surface area contributed by atoms with Crippen LogP contribution in [0.15, 0.2) is 50.5 Å². The number of sulfonamides is 1. The topological polar surface area (TPSA) is 68.3 Å². The molecule has 0 bridgehead atoms. The number of methoxy groups -OCH3 is 1. The average Bonchev–Trinajstić information content (AvgIpc) is 2.42. The Morgan fingerprint density at radius 2 is 2.05 bits per heavy atom. The molecule has 0 fully saturated rings. The fraction of sp³-hybridized carbons (Fsp3) is 0.154. The molecule has 1 aromatic carbocycles. The molecule has 0 saturated carbocycles. The summed E-state index contributed by atoms with van der Waals surface area (Å²) in [6.07, 6.45) is 2.82. The van der Waals surface area contributed by atoms with Crippen molar-refractivity contribution in [1.82, 2.24) is 4.98 Å². The maximum absolute atomic E-state index is 12.4. The molecule has 0 aliphatic rings. The molecule has 0 aliphatic heterocycles. The SMILES string of the molecule is COCc1c(Br)cccc1NS(=O)(=O)c1cncc(Br)c1. The van der Waals surface area contributed by atoms with Gasteiger partial charge in [-0.05, 0) is 34.1 Å². The van der Waals surface area contributed by atoms with Gasteiger partial charge in [-0.15, -0.1) is 0 Å². The molecule has 1 heterocycles. The monoisotopic (exact) mass is 434 g/mol. The lowest BCUT2D eigenvalue weighted by Crippen LogP contribution is -2.15. The van der Waals surface area contributed by atoms with E-state index in [1.165, 1.54) is 18.5 Å². The van der Waals surface area contributed by atoms with E-state index in [0.717, 1.165) is 10.0 Å². The predicted octanol–water partition coefficient (Wildman–Crippen LogP) is 3.55. The Labute approximate surface area is 140 Å². The first kappa shape index (κ1) is 16.4. The van der Waals surface area contributed by atoms with Crippen LogP contribution in [0, 0.1) is 0 Å². The molecule has 0 aliphatic carbocycles. The molecule has 1 aromatic heterocycles. The van der Waals surface area contributed by atoms with Crippen molar-refractivity contribution in [2.24, 2.45) is 0 Å². The van der Waals surface area contributed by atoms with E-state index in [4.69, 9.17) is 4.74 Å². The van der Waals surface area contributed by atoms with Gasteiger partial charge < -0.3 is 4.74 Å². The molecule has 8 heteroatoms. The standard InChI is InChI=1S/C13H12Br2N2O3S/c1-20-8-11-12(15)3-2-4-13(11)17-21(18,19)10-5-9(14)6-16-7-10/h2-7,17H,8H2,1H3. The van der Waals surface area contributed by atoms with Crippen LogP contribution in [0.3, 0.4) is 0 Å². The smallest absolute Gasteiger partial charge is 0.263 e. The minimum Gasteiger partial charge on any atom is -0.380 e. The fourth-order valence-electron chi connectivity index (χ4n) is 1.69. The second-order valence-electron chi connectivity index (χ2n) is 4.14. The lowest BCUT2D eigenvalue weighted by molar-refractivity contribution is 0.185. The number of nitrogens with one attached hydrogen (secondary N) is 1. The summed E-state index contributed by atoms with van der Waals surface area (Å²) in [6, 6.07) is 6.75. The lowest BCUT2D eigenvalue weighted by atomic mass is 10.2. The van der Waals surface area contributed by atoms with Crippen molar-refractivity contribution in [2.75, 3.05) is 11.8 Å². The first-order chi connectivity index (χ1) is 9.94. The molecule has 0 radical (unpaired) electrons. The second-order valence-corrected chi connectivity index (χ2v) is 7.60. The van der Waals surface area contributed by atoms with Gasteiger partial charge in [-0.1, -0.05) is 22.0 Å². The van der Waals surface area contributed by atoms with Gasteiger partial charge in [-0.2, -0.15) is 0 Å². The van der Waals surface area contributed by atoms with Gasteiger partial charge in [0, 0.05) is 34.0 Å². The zero-order valence-electron chi connectivity index (χ0n) is 11.0. The number of nitrogens with zero attached hydrogens (tertiary/aromatic N) is 1. The third kappa shape index (κ3) is 4.03. The van der Waals surface area contributed by atoms with Gasteiger partial charge in [0.1, 0.15) is 4.90 Å². The zero-order chi connectivity index (χ0) is 15.5. The van der Waals surface area contributed by atoms with Crippen LogP contribution < -0.4 is 4.72 Å². The first-order valence-electron chi connectivity index (χ1n) is 5.84. The van der Waals surface area contributed by atoms with Crippen LogP contribution >= 0.6 is 31.9 Å². The van der Waals surface area contributed by atoms with E-state index in [1.807, 2.05) is 6.07 Å². The summed E-state index contributed by atoms with van der Waals surface area (Å²) < 4.78 is 33.8. The number of ether oxygens (including phenoxy) is 1. The summed E-state index contributed by atoms with van der Waals surface area (Å²) >= 11 is 6.60. The Morgan fingerprint density at radius 1 is 1.29 bits per heavy atom. The third-order valence-corrected chi connectivity index (χ3v) is 5.15. The molecular weight excluding hydrogens is 424 g/mol. The van der Waals surface area contributed by atoms with Crippen LogP contribution in [0.2, 0.25) is 0 Å². The van der Waals surface area contributed by atoms with E-state index >= 15 is 0 Å².